The fourth-order valence-corrected chi connectivity index (χ4v) is 4.11. The monoisotopic (exact) mass is 323 g/mol. The van der Waals surface area contributed by atoms with E-state index >= 15 is 0 Å². The predicted molar refractivity (Wildman–Crippen MR) is 91.1 cm³/mol. The van der Waals surface area contributed by atoms with Gasteiger partial charge >= 0.3 is 0 Å². The Balaban J connectivity index is 1.71. The summed E-state index contributed by atoms with van der Waals surface area (Å²) in [5.41, 5.74) is 2.78. The van der Waals surface area contributed by atoms with Gasteiger partial charge in [-0.3, -0.25) is 0 Å². The van der Waals surface area contributed by atoms with Gasteiger partial charge in [-0.2, -0.15) is 5.26 Å². The number of nitriles is 1. The Bertz CT molecular complexity index is 895. The minimum Gasteiger partial charge on any atom is -0.388 e. The highest BCUT2D eigenvalue weighted by Crippen LogP contribution is 2.38. The van der Waals surface area contributed by atoms with Gasteiger partial charge in [-0.1, -0.05) is 0 Å². The first kappa shape index (κ1) is 15.2. The van der Waals surface area contributed by atoms with Gasteiger partial charge in [0, 0.05) is 24.0 Å². The van der Waals surface area contributed by atoms with Crippen LogP contribution in [-0.2, 0) is 6.61 Å². The standard InChI is InChI=1S/C18H21N5O/c19-8-1-2-12-3-5-13(6-4-12)23-16(11-24)22-15-10-21-18-14(17(15)23)7-9-20-18/h7,9-10,12-13,24H,1-6,11H2,(H,20,21)/t12-,13-. The zero-order valence-electron chi connectivity index (χ0n) is 13.6. The molecule has 0 saturated heterocycles. The van der Waals surface area contributed by atoms with Crippen molar-refractivity contribution in [3.63, 3.8) is 0 Å². The van der Waals surface area contributed by atoms with Crippen LogP contribution in [-0.4, -0.2) is 24.6 Å². The Morgan fingerprint density at radius 3 is 2.92 bits per heavy atom. The van der Waals surface area contributed by atoms with Gasteiger partial charge in [0.1, 0.15) is 23.6 Å². The van der Waals surface area contributed by atoms with Crippen LogP contribution in [0.2, 0.25) is 0 Å². The number of nitrogens with zero attached hydrogens (tertiary/aromatic N) is 4. The number of imidazole rings is 1. The Kier molecular flexibility index (Phi) is 3.95. The number of nitrogens with one attached hydrogen (secondary N) is 1. The second-order valence-electron chi connectivity index (χ2n) is 6.66. The van der Waals surface area contributed by atoms with Gasteiger partial charge in [-0.25, -0.2) is 9.97 Å². The Morgan fingerprint density at radius 2 is 2.17 bits per heavy atom. The van der Waals surface area contributed by atoms with E-state index in [-0.39, 0.29) is 6.61 Å². The summed E-state index contributed by atoms with van der Waals surface area (Å²) in [7, 11) is 0. The van der Waals surface area contributed by atoms with Crippen molar-refractivity contribution in [1.82, 2.24) is 19.5 Å². The van der Waals surface area contributed by atoms with Crippen LogP contribution >= 0.6 is 0 Å². The van der Waals surface area contributed by atoms with Crippen LogP contribution in [0, 0.1) is 17.2 Å². The molecule has 1 aliphatic carbocycles. The molecule has 2 N–H and O–H groups in total. The summed E-state index contributed by atoms with van der Waals surface area (Å²) in [4.78, 5) is 12.2. The number of H-pyrrole nitrogens is 1. The lowest BCUT2D eigenvalue weighted by Gasteiger charge is -2.30. The van der Waals surface area contributed by atoms with Crippen LogP contribution in [0.15, 0.2) is 18.5 Å². The lowest BCUT2D eigenvalue weighted by Crippen LogP contribution is -2.20. The summed E-state index contributed by atoms with van der Waals surface area (Å²) in [5.74, 6) is 1.38. The number of rotatable bonds is 4. The molecule has 0 aromatic carbocycles. The van der Waals surface area contributed by atoms with E-state index in [9.17, 15) is 5.11 Å². The van der Waals surface area contributed by atoms with Crippen molar-refractivity contribution >= 4 is 22.1 Å². The van der Waals surface area contributed by atoms with E-state index in [1.54, 1.807) is 6.20 Å². The molecule has 0 bridgehead atoms. The van der Waals surface area contributed by atoms with Crippen molar-refractivity contribution < 1.29 is 5.11 Å². The molecule has 0 spiro atoms. The van der Waals surface area contributed by atoms with Gasteiger partial charge in [-0.15, -0.1) is 0 Å². The first-order valence-corrected chi connectivity index (χ1v) is 8.62. The van der Waals surface area contributed by atoms with E-state index < -0.39 is 0 Å². The van der Waals surface area contributed by atoms with E-state index in [4.69, 9.17) is 5.26 Å². The zero-order valence-corrected chi connectivity index (χ0v) is 13.6. The lowest BCUT2D eigenvalue weighted by atomic mass is 9.83. The average Bonchev–Trinajstić information content (AvgIpc) is 3.23. The van der Waals surface area contributed by atoms with Gasteiger partial charge < -0.3 is 14.7 Å². The number of fused-ring (bicyclic) bond motifs is 3. The molecule has 1 aliphatic rings. The van der Waals surface area contributed by atoms with Gasteiger partial charge in [0.25, 0.3) is 0 Å². The molecule has 1 fully saturated rings. The molecule has 1 saturated carbocycles. The largest absolute Gasteiger partial charge is 0.388 e. The molecule has 4 rings (SSSR count). The predicted octanol–water partition coefficient (Wildman–Crippen LogP) is 3.44. The van der Waals surface area contributed by atoms with Crippen LogP contribution < -0.4 is 0 Å². The van der Waals surface area contributed by atoms with Gasteiger partial charge in [0.05, 0.1) is 17.8 Å². The summed E-state index contributed by atoms with van der Waals surface area (Å²) in [6.07, 6.45) is 9.75. The third-order valence-corrected chi connectivity index (χ3v) is 5.29. The SMILES string of the molecule is N#CCC[C@H]1CC[C@H](n2c(CO)nc3cnc4[nH]ccc4c32)CC1. The van der Waals surface area contributed by atoms with E-state index in [2.05, 4.69) is 25.6 Å². The number of aliphatic hydroxyl groups is 1. The van der Waals surface area contributed by atoms with Crippen LogP contribution in [0.4, 0.5) is 0 Å². The summed E-state index contributed by atoms with van der Waals surface area (Å²) < 4.78 is 2.23. The first-order valence-electron chi connectivity index (χ1n) is 8.62. The van der Waals surface area contributed by atoms with Crippen LogP contribution in [0.1, 0.15) is 50.4 Å². The van der Waals surface area contributed by atoms with Crippen LogP contribution in [0.5, 0.6) is 0 Å². The molecular weight excluding hydrogens is 302 g/mol. The smallest absolute Gasteiger partial charge is 0.139 e. The van der Waals surface area contributed by atoms with Crippen molar-refractivity contribution in [3.8, 4) is 6.07 Å². The normalized spacial score (nSPS) is 21.3. The quantitative estimate of drug-likeness (QED) is 0.769. The number of aromatic nitrogens is 4. The van der Waals surface area contributed by atoms with Crippen molar-refractivity contribution in [2.45, 2.75) is 51.2 Å². The minimum atomic E-state index is -0.0606. The molecule has 6 heteroatoms. The van der Waals surface area contributed by atoms with Crippen molar-refractivity contribution in [1.29, 1.82) is 5.26 Å². The summed E-state index contributed by atoms with van der Waals surface area (Å²) in [5, 5.41) is 19.6. The number of hydrogen-bond acceptors (Lipinski definition) is 4. The maximum atomic E-state index is 9.79. The Morgan fingerprint density at radius 1 is 1.33 bits per heavy atom. The molecule has 124 valence electrons. The van der Waals surface area contributed by atoms with Crippen molar-refractivity contribution in [2.24, 2.45) is 5.92 Å². The molecule has 6 nitrogen and oxygen atoms in total. The number of pyridine rings is 1. The highest BCUT2D eigenvalue weighted by molar-refractivity contribution is 6.01. The molecule has 0 amide bonds. The lowest BCUT2D eigenvalue weighted by molar-refractivity contribution is 0.235. The Labute approximate surface area is 140 Å². The van der Waals surface area contributed by atoms with E-state index in [1.165, 1.54) is 0 Å². The molecule has 0 aliphatic heterocycles. The van der Waals surface area contributed by atoms with E-state index in [1.807, 2.05) is 12.3 Å². The Hall–Kier alpha value is -2.39. The highest BCUT2D eigenvalue weighted by Gasteiger charge is 2.26. The van der Waals surface area contributed by atoms with E-state index in [0.29, 0.717) is 18.4 Å². The fourth-order valence-electron chi connectivity index (χ4n) is 4.11. The molecule has 0 radical (unpaired) electrons. The second kappa shape index (κ2) is 6.25. The maximum absolute atomic E-state index is 9.79. The number of aromatic amines is 1. The topological polar surface area (TPSA) is 90.5 Å². The van der Waals surface area contributed by atoms with Gasteiger partial charge in [-0.05, 0) is 44.1 Å². The molecule has 3 aromatic rings. The number of aliphatic hydroxyl groups excluding tert-OH is 1. The molecule has 0 atom stereocenters. The van der Waals surface area contributed by atoms with E-state index in [0.717, 1.165) is 60.0 Å². The molecule has 3 aromatic heterocycles. The second-order valence-corrected chi connectivity index (χ2v) is 6.66. The van der Waals surface area contributed by atoms with Crippen molar-refractivity contribution in [2.75, 3.05) is 0 Å². The molecule has 3 heterocycles. The molecule has 24 heavy (non-hydrogen) atoms. The average molecular weight is 323 g/mol. The van der Waals surface area contributed by atoms with Gasteiger partial charge in [0.2, 0.25) is 0 Å². The maximum Gasteiger partial charge on any atom is 0.139 e. The number of hydrogen-bond donors (Lipinski definition) is 2. The zero-order chi connectivity index (χ0) is 16.5. The fraction of sp³-hybridized carbons (Fsp3) is 0.500. The van der Waals surface area contributed by atoms with Gasteiger partial charge in [0.15, 0.2) is 0 Å². The molecule has 0 unspecified atom stereocenters. The summed E-state index contributed by atoms with van der Waals surface area (Å²) in [6.45, 7) is -0.0606. The minimum absolute atomic E-state index is 0.0606. The third-order valence-electron chi connectivity index (χ3n) is 5.29. The van der Waals surface area contributed by atoms with Crippen LogP contribution in [0.25, 0.3) is 22.1 Å². The summed E-state index contributed by atoms with van der Waals surface area (Å²) in [6, 6.07) is 4.64. The van der Waals surface area contributed by atoms with Crippen LogP contribution in [0.3, 0.4) is 0 Å². The van der Waals surface area contributed by atoms with Crippen molar-refractivity contribution in [3.05, 3.63) is 24.3 Å². The highest BCUT2D eigenvalue weighted by atomic mass is 16.3. The molecular formula is C18H21N5O. The third kappa shape index (κ3) is 2.45. The summed E-state index contributed by atoms with van der Waals surface area (Å²) >= 11 is 0. The first-order chi connectivity index (χ1) is 11.8.